The van der Waals surface area contributed by atoms with Crippen LogP contribution in [0.5, 0.6) is 0 Å². The molecule has 3 N–H and O–H groups in total. The third-order valence-electron chi connectivity index (χ3n) is 4.39. The first kappa shape index (κ1) is 13.0. The van der Waals surface area contributed by atoms with E-state index in [9.17, 15) is 5.11 Å². The highest BCUT2D eigenvalue weighted by Gasteiger charge is 2.47. The second-order valence-electron chi connectivity index (χ2n) is 5.47. The molecule has 0 aromatic heterocycles. The third-order valence-corrected chi connectivity index (χ3v) is 5.28. The van der Waals surface area contributed by atoms with Crippen LogP contribution in [0.3, 0.4) is 0 Å². The Morgan fingerprint density at radius 2 is 1.89 bits per heavy atom. The van der Waals surface area contributed by atoms with Crippen molar-refractivity contribution in [1.82, 2.24) is 0 Å². The molecule has 2 unspecified atom stereocenters. The van der Waals surface area contributed by atoms with E-state index in [0.29, 0.717) is 11.1 Å². The fraction of sp³-hybridized carbons (Fsp3) is 0.533. The van der Waals surface area contributed by atoms with Gasteiger partial charge in [-0.25, -0.2) is 0 Å². The smallest absolute Gasteiger partial charge is 0.154 e. The van der Waals surface area contributed by atoms with Gasteiger partial charge in [-0.05, 0) is 24.3 Å². The van der Waals surface area contributed by atoms with Crippen LogP contribution in [-0.4, -0.2) is 22.1 Å². The zero-order chi connectivity index (χ0) is 13.3. The van der Waals surface area contributed by atoms with Gasteiger partial charge in [0.2, 0.25) is 0 Å². The van der Waals surface area contributed by atoms with Crippen LogP contribution in [0.25, 0.3) is 0 Å². The molecule has 2 atom stereocenters. The molecule has 0 amide bonds. The van der Waals surface area contributed by atoms with Gasteiger partial charge in [0.05, 0.1) is 6.04 Å². The van der Waals surface area contributed by atoms with Gasteiger partial charge in [0.25, 0.3) is 0 Å². The molecule has 1 aliphatic heterocycles. The Balaban J connectivity index is 2.00. The monoisotopic (exact) mass is 276 g/mol. The van der Waals surface area contributed by atoms with Crippen molar-refractivity contribution < 1.29 is 5.11 Å². The van der Waals surface area contributed by atoms with Gasteiger partial charge in [0, 0.05) is 5.75 Å². The summed E-state index contributed by atoms with van der Waals surface area (Å²) in [5.74, 6) is 1.09. The van der Waals surface area contributed by atoms with Gasteiger partial charge in [0.1, 0.15) is 5.60 Å². The summed E-state index contributed by atoms with van der Waals surface area (Å²) < 4.78 is 0. The van der Waals surface area contributed by atoms with Crippen LogP contribution in [0.4, 0.5) is 0 Å². The Morgan fingerprint density at radius 3 is 2.47 bits per heavy atom. The lowest BCUT2D eigenvalue weighted by atomic mass is 9.75. The van der Waals surface area contributed by atoms with Crippen LogP contribution in [0.2, 0.25) is 0 Å². The molecule has 102 valence electrons. The first-order valence-corrected chi connectivity index (χ1v) is 7.94. The lowest BCUT2D eigenvalue weighted by Crippen LogP contribution is -2.44. The topological polar surface area (TPSA) is 58.6 Å². The van der Waals surface area contributed by atoms with Crippen molar-refractivity contribution in [2.45, 2.75) is 37.3 Å². The molecule has 19 heavy (non-hydrogen) atoms. The van der Waals surface area contributed by atoms with Gasteiger partial charge in [-0.1, -0.05) is 54.9 Å². The van der Waals surface area contributed by atoms with Crippen molar-refractivity contribution >= 4 is 16.9 Å². The molecule has 2 aliphatic rings. The Kier molecular flexibility index (Phi) is 3.54. The zero-order valence-corrected chi connectivity index (χ0v) is 11.8. The molecule has 4 heteroatoms. The maximum absolute atomic E-state index is 11.4. The molecule has 1 heterocycles. The van der Waals surface area contributed by atoms with E-state index in [1.807, 2.05) is 30.3 Å². The third kappa shape index (κ3) is 2.28. The highest BCUT2D eigenvalue weighted by Crippen LogP contribution is 2.45. The molecular formula is C15H20N2OS. The highest BCUT2D eigenvalue weighted by atomic mass is 32.2. The van der Waals surface area contributed by atoms with E-state index in [0.717, 1.165) is 24.2 Å². The Labute approximate surface area is 118 Å². The fourth-order valence-electron chi connectivity index (χ4n) is 3.39. The van der Waals surface area contributed by atoms with Crippen molar-refractivity contribution in [3.05, 3.63) is 35.9 Å². The zero-order valence-electron chi connectivity index (χ0n) is 11.0. The minimum absolute atomic E-state index is 0.108. The predicted octanol–water partition coefficient (Wildman–Crippen LogP) is 2.49. The van der Waals surface area contributed by atoms with E-state index >= 15 is 0 Å². The number of amidine groups is 1. The second kappa shape index (κ2) is 5.17. The van der Waals surface area contributed by atoms with Crippen LogP contribution in [0, 0.1) is 5.92 Å². The number of hydrogen-bond donors (Lipinski definition) is 2. The molecule has 1 fully saturated rings. The minimum atomic E-state index is -0.855. The van der Waals surface area contributed by atoms with Gasteiger partial charge in [0.15, 0.2) is 5.17 Å². The van der Waals surface area contributed by atoms with Crippen molar-refractivity contribution in [2.75, 3.05) is 5.75 Å². The second-order valence-corrected chi connectivity index (χ2v) is 6.51. The van der Waals surface area contributed by atoms with E-state index in [4.69, 9.17) is 5.73 Å². The first-order valence-electron chi connectivity index (χ1n) is 6.95. The summed E-state index contributed by atoms with van der Waals surface area (Å²) in [6.07, 6.45) is 4.59. The number of aliphatic hydroxyl groups is 1. The van der Waals surface area contributed by atoms with Gasteiger partial charge in [-0.3, -0.25) is 4.99 Å². The van der Waals surface area contributed by atoms with Gasteiger partial charge in [-0.2, -0.15) is 0 Å². The molecule has 1 aliphatic carbocycles. The van der Waals surface area contributed by atoms with Crippen LogP contribution in [0.1, 0.15) is 31.2 Å². The number of nitrogens with zero attached hydrogens (tertiary/aromatic N) is 1. The maximum atomic E-state index is 11.4. The summed E-state index contributed by atoms with van der Waals surface area (Å²) in [5, 5.41) is 12.0. The molecule has 1 saturated carbocycles. The molecule has 1 aromatic carbocycles. The molecule has 0 bridgehead atoms. The molecular weight excluding hydrogens is 256 g/mol. The van der Waals surface area contributed by atoms with Crippen molar-refractivity contribution in [1.29, 1.82) is 0 Å². The van der Waals surface area contributed by atoms with Crippen molar-refractivity contribution in [3.8, 4) is 0 Å². The summed E-state index contributed by atoms with van der Waals surface area (Å²) in [6, 6.07) is 9.90. The van der Waals surface area contributed by atoms with E-state index in [2.05, 4.69) is 4.99 Å². The summed E-state index contributed by atoms with van der Waals surface area (Å²) >= 11 is 1.55. The molecule has 3 rings (SSSR count). The van der Waals surface area contributed by atoms with E-state index in [-0.39, 0.29) is 6.04 Å². The van der Waals surface area contributed by atoms with Crippen LogP contribution in [0.15, 0.2) is 35.3 Å². The Bertz CT molecular complexity index is 470. The van der Waals surface area contributed by atoms with E-state index < -0.39 is 5.60 Å². The average molecular weight is 276 g/mol. The normalized spacial score (nSPS) is 27.2. The number of thioether (sulfide) groups is 1. The predicted molar refractivity (Wildman–Crippen MR) is 80.2 cm³/mol. The van der Waals surface area contributed by atoms with Gasteiger partial charge < -0.3 is 10.8 Å². The molecule has 3 nitrogen and oxygen atoms in total. The molecule has 0 radical (unpaired) electrons. The summed E-state index contributed by atoms with van der Waals surface area (Å²) in [4.78, 5) is 4.49. The quantitative estimate of drug-likeness (QED) is 0.891. The Hall–Kier alpha value is -1.00. The van der Waals surface area contributed by atoms with Crippen LogP contribution < -0.4 is 5.73 Å². The Morgan fingerprint density at radius 1 is 1.21 bits per heavy atom. The van der Waals surface area contributed by atoms with E-state index in [1.165, 1.54) is 12.8 Å². The standard InChI is InChI=1S/C15H20N2OS/c16-14-17-13(10-19-14)15(18,12-8-4-5-9-12)11-6-2-1-3-7-11/h1-3,6-7,12-13,18H,4-5,8-10H2,(H2,16,17). The SMILES string of the molecule is NC1=NC(C(O)(c2ccccc2)C2CCCC2)CS1. The lowest BCUT2D eigenvalue weighted by Gasteiger charge is -2.38. The van der Waals surface area contributed by atoms with Crippen molar-refractivity contribution in [2.24, 2.45) is 16.6 Å². The lowest BCUT2D eigenvalue weighted by molar-refractivity contribution is -0.0379. The van der Waals surface area contributed by atoms with Crippen LogP contribution in [-0.2, 0) is 5.60 Å². The van der Waals surface area contributed by atoms with Crippen LogP contribution >= 0.6 is 11.8 Å². The van der Waals surface area contributed by atoms with Gasteiger partial charge in [-0.15, -0.1) is 0 Å². The number of hydrogen-bond acceptors (Lipinski definition) is 4. The minimum Gasteiger partial charge on any atom is -0.383 e. The number of rotatable bonds is 3. The number of benzene rings is 1. The number of nitrogens with two attached hydrogens (primary N) is 1. The summed E-state index contributed by atoms with van der Waals surface area (Å²) in [7, 11) is 0. The fourth-order valence-corrected chi connectivity index (χ4v) is 4.25. The summed E-state index contributed by atoms with van der Waals surface area (Å²) in [6.45, 7) is 0. The average Bonchev–Trinajstić information content (AvgIpc) is 3.10. The van der Waals surface area contributed by atoms with Gasteiger partial charge >= 0.3 is 0 Å². The molecule has 0 saturated heterocycles. The largest absolute Gasteiger partial charge is 0.383 e. The molecule has 0 spiro atoms. The number of aliphatic imine (C=N–C) groups is 1. The van der Waals surface area contributed by atoms with Crippen molar-refractivity contribution in [3.63, 3.8) is 0 Å². The first-order chi connectivity index (χ1) is 9.21. The highest BCUT2D eigenvalue weighted by molar-refractivity contribution is 8.14. The molecule has 1 aromatic rings. The summed E-state index contributed by atoms with van der Waals surface area (Å²) in [5.41, 5.74) is 5.94. The maximum Gasteiger partial charge on any atom is 0.154 e. The van der Waals surface area contributed by atoms with E-state index in [1.54, 1.807) is 11.8 Å².